The molecule has 8 heteroatoms. The Kier molecular flexibility index (Phi) is 8.84. The molecule has 24 heavy (non-hydrogen) atoms. The van der Waals surface area contributed by atoms with E-state index in [0.29, 0.717) is 23.8 Å². The normalized spacial score (nSPS) is 10.7. The number of amides is 1. The zero-order valence-corrected chi connectivity index (χ0v) is 15.5. The summed E-state index contributed by atoms with van der Waals surface area (Å²) in [6, 6.07) is 10.0. The van der Waals surface area contributed by atoms with Gasteiger partial charge in [0.25, 0.3) is 0 Å². The molecule has 2 rings (SSSR count). The van der Waals surface area contributed by atoms with Crippen molar-refractivity contribution in [2.24, 2.45) is 4.99 Å². The minimum Gasteiger partial charge on any atom is -0.467 e. The fraction of sp³-hybridized carbons (Fsp3) is 0.250. The van der Waals surface area contributed by atoms with Gasteiger partial charge in [-0.15, -0.1) is 24.0 Å². The summed E-state index contributed by atoms with van der Waals surface area (Å²) in [6.45, 7) is 0.660. The van der Waals surface area contributed by atoms with Crippen molar-refractivity contribution in [2.75, 3.05) is 13.6 Å². The third-order valence-corrected chi connectivity index (χ3v) is 3.08. The summed E-state index contributed by atoms with van der Waals surface area (Å²) >= 11 is 0. The second-order valence-corrected chi connectivity index (χ2v) is 4.73. The number of carbonyl (C=O) groups is 1. The van der Waals surface area contributed by atoms with Gasteiger partial charge in [0, 0.05) is 19.2 Å². The Hall–Kier alpha value is -2.10. The van der Waals surface area contributed by atoms with Gasteiger partial charge in [-0.3, -0.25) is 9.79 Å². The fourth-order valence-corrected chi connectivity index (χ4v) is 1.87. The van der Waals surface area contributed by atoms with Crippen LogP contribution in [0, 0.1) is 5.82 Å². The first-order chi connectivity index (χ1) is 11.2. The molecular weight excluding hydrogens is 426 g/mol. The van der Waals surface area contributed by atoms with Crippen molar-refractivity contribution in [2.45, 2.75) is 13.1 Å². The lowest BCUT2D eigenvalue weighted by Gasteiger charge is -2.12. The van der Waals surface area contributed by atoms with Crippen molar-refractivity contribution in [1.82, 2.24) is 16.0 Å². The van der Waals surface area contributed by atoms with Gasteiger partial charge in [-0.05, 0) is 18.2 Å². The molecule has 0 aliphatic heterocycles. The molecular formula is C16H20FIN4O2. The van der Waals surface area contributed by atoms with Crippen LogP contribution in [0.1, 0.15) is 11.3 Å². The predicted octanol–water partition coefficient (Wildman–Crippen LogP) is 2.02. The number of rotatable bonds is 6. The van der Waals surface area contributed by atoms with Crippen LogP contribution in [0.5, 0.6) is 0 Å². The molecule has 0 saturated heterocycles. The van der Waals surface area contributed by atoms with Crippen molar-refractivity contribution >= 4 is 35.8 Å². The molecule has 1 heterocycles. The summed E-state index contributed by atoms with van der Waals surface area (Å²) in [5, 5.41) is 8.52. The number of hydrogen-bond acceptors (Lipinski definition) is 3. The maximum atomic E-state index is 13.5. The molecule has 3 N–H and O–H groups in total. The summed E-state index contributed by atoms with van der Waals surface area (Å²) in [4.78, 5) is 15.7. The van der Waals surface area contributed by atoms with Crippen LogP contribution in [0.25, 0.3) is 0 Å². The van der Waals surface area contributed by atoms with Gasteiger partial charge >= 0.3 is 0 Å². The van der Waals surface area contributed by atoms with Crippen molar-refractivity contribution in [3.63, 3.8) is 0 Å². The first kappa shape index (κ1) is 19.9. The van der Waals surface area contributed by atoms with E-state index >= 15 is 0 Å². The fourth-order valence-electron chi connectivity index (χ4n) is 1.87. The quantitative estimate of drug-likeness (QED) is 0.361. The van der Waals surface area contributed by atoms with Crippen LogP contribution in [-0.4, -0.2) is 25.5 Å². The Bertz CT molecular complexity index is 662. The van der Waals surface area contributed by atoms with E-state index < -0.39 is 0 Å². The topological polar surface area (TPSA) is 78.7 Å². The van der Waals surface area contributed by atoms with Crippen molar-refractivity contribution in [3.05, 3.63) is 59.8 Å². The van der Waals surface area contributed by atoms with E-state index in [4.69, 9.17) is 4.42 Å². The number of nitrogens with one attached hydrogen (secondary N) is 3. The second-order valence-electron chi connectivity index (χ2n) is 4.73. The smallest absolute Gasteiger partial charge is 0.239 e. The average molecular weight is 446 g/mol. The number of guanidine groups is 1. The molecule has 0 spiro atoms. The highest BCUT2D eigenvalue weighted by Crippen LogP contribution is 2.05. The minimum absolute atomic E-state index is 0. The van der Waals surface area contributed by atoms with E-state index in [1.807, 2.05) is 0 Å². The molecule has 0 fully saturated rings. The van der Waals surface area contributed by atoms with Crippen molar-refractivity contribution < 1.29 is 13.6 Å². The van der Waals surface area contributed by atoms with E-state index in [1.165, 1.54) is 6.07 Å². The summed E-state index contributed by atoms with van der Waals surface area (Å²) < 4.78 is 18.6. The molecule has 1 amide bonds. The molecule has 1 aromatic heterocycles. The zero-order valence-electron chi connectivity index (χ0n) is 13.2. The molecule has 0 bridgehead atoms. The SMILES string of the molecule is CN=C(NCC(=O)NCc1ccco1)NCc1ccccc1F.I. The maximum absolute atomic E-state index is 13.5. The molecule has 6 nitrogen and oxygen atoms in total. The average Bonchev–Trinajstić information content (AvgIpc) is 3.08. The highest BCUT2D eigenvalue weighted by Gasteiger charge is 2.06. The number of benzene rings is 1. The van der Waals surface area contributed by atoms with Gasteiger partial charge in [-0.2, -0.15) is 0 Å². The summed E-state index contributed by atoms with van der Waals surface area (Å²) in [5.41, 5.74) is 0.526. The first-order valence-electron chi connectivity index (χ1n) is 7.16. The Labute approximate surface area is 156 Å². The zero-order chi connectivity index (χ0) is 16.5. The molecule has 0 atom stereocenters. The van der Waals surface area contributed by atoms with Gasteiger partial charge in [0.15, 0.2) is 5.96 Å². The van der Waals surface area contributed by atoms with Crippen molar-refractivity contribution in [1.29, 1.82) is 0 Å². The maximum Gasteiger partial charge on any atom is 0.239 e. The molecule has 0 saturated carbocycles. The first-order valence-corrected chi connectivity index (χ1v) is 7.16. The Morgan fingerprint density at radius 2 is 1.92 bits per heavy atom. The van der Waals surface area contributed by atoms with Crippen LogP contribution < -0.4 is 16.0 Å². The minimum atomic E-state index is -0.286. The van der Waals surface area contributed by atoms with Crippen LogP contribution in [-0.2, 0) is 17.9 Å². The van der Waals surface area contributed by atoms with Gasteiger partial charge < -0.3 is 20.4 Å². The van der Waals surface area contributed by atoms with E-state index in [1.54, 1.807) is 43.6 Å². The van der Waals surface area contributed by atoms with Crippen molar-refractivity contribution in [3.8, 4) is 0 Å². The molecule has 0 aliphatic rings. The molecule has 0 aliphatic carbocycles. The van der Waals surface area contributed by atoms with Gasteiger partial charge in [0.05, 0.1) is 19.4 Å². The Morgan fingerprint density at radius 3 is 2.58 bits per heavy atom. The molecule has 130 valence electrons. The van der Waals surface area contributed by atoms with Gasteiger partial charge in [-0.25, -0.2) is 4.39 Å². The lowest BCUT2D eigenvalue weighted by atomic mass is 10.2. The van der Waals surface area contributed by atoms with Gasteiger partial charge in [0.1, 0.15) is 11.6 Å². The monoisotopic (exact) mass is 446 g/mol. The molecule has 0 unspecified atom stereocenters. The summed E-state index contributed by atoms with van der Waals surface area (Å²) in [5.74, 6) is 0.615. The second kappa shape index (κ2) is 10.6. The molecule has 0 radical (unpaired) electrons. The number of hydrogen-bond donors (Lipinski definition) is 3. The molecule has 2 aromatic rings. The number of nitrogens with zero attached hydrogens (tertiary/aromatic N) is 1. The highest BCUT2D eigenvalue weighted by molar-refractivity contribution is 14.0. The van der Waals surface area contributed by atoms with E-state index in [2.05, 4.69) is 20.9 Å². The number of halogens is 2. The van der Waals surface area contributed by atoms with E-state index in [0.717, 1.165) is 0 Å². The van der Waals surface area contributed by atoms with Crippen LogP contribution in [0.2, 0.25) is 0 Å². The third-order valence-electron chi connectivity index (χ3n) is 3.08. The Morgan fingerprint density at radius 1 is 1.12 bits per heavy atom. The lowest BCUT2D eigenvalue weighted by Crippen LogP contribution is -2.42. The third kappa shape index (κ3) is 6.57. The van der Waals surface area contributed by atoms with Crippen LogP contribution in [0.3, 0.4) is 0 Å². The lowest BCUT2D eigenvalue weighted by molar-refractivity contribution is -0.120. The number of furan rings is 1. The predicted molar refractivity (Wildman–Crippen MR) is 101 cm³/mol. The highest BCUT2D eigenvalue weighted by atomic mass is 127. The standard InChI is InChI=1S/C16H19FN4O2.HI/c1-18-16(20-9-12-5-2-3-7-14(12)17)21-11-15(22)19-10-13-6-4-8-23-13;/h2-8H,9-11H2,1H3,(H,19,22)(H2,18,20,21);1H. The van der Waals surface area contributed by atoms with Gasteiger partial charge in [0.2, 0.25) is 5.91 Å². The number of carbonyl (C=O) groups excluding carboxylic acids is 1. The number of aliphatic imine (C=N–C) groups is 1. The summed E-state index contributed by atoms with van der Waals surface area (Å²) in [6.07, 6.45) is 1.55. The molecule has 1 aromatic carbocycles. The Balaban J connectivity index is 0.00000288. The van der Waals surface area contributed by atoms with E-state index in [-0.39, 0.29) is 48.8 Å². The van der Waals surface area contributed by atoms with Crippen LogP contribution >= 0.6 is 24.0 Å². The van der Waals surface area contributed by atoms with Gasteiger partial charge in [-0.1, -0.05) is 18.2 Å². The van der Waals surface area contributed by atoms with E-state index in [9.17, 15) is 9.18 Å². The summed E-state index contributed by atoms with van der Waals surface area (Å²) in [7, 11) is 1.58. The van der Waals surface area contributed by atoms with Crippen LogP contribution in [0.15, 0.2) is 52.1 Å². The van der Waals surface area contributed by atoms with Crippen LogP contribution in [0.4, 0.5) is 4.39 Å². The largest absolute Gasteiger partial charge is 0.467 e.